The number of nitrogens with one attached hydrogen (secondary N) is 1. The normalized spacial score (nSPS) is 20.0. The van der Waals surface area contributed by atoms with Crippen molar-refractivity contribution in [1.82, 2.24) is 40.3 Å². The number of rotatable bonds is 9. The van der Waals surface area contributed by atoms with E-state index in [1.807, 2.05) is 13.0 Å². The number of methoxy groups -OCH3 is 1. The molecule has 2 aliphatic rings. The van der Waals surface area contributed by atoms with Gasteiger partial charge >= 0.3 is 0 Å². The molecular weight excluding hydrogens is 506 g/mol. The van der Waals surface area contributed by atoms with Crippen LogP contribution in [0, 0.1) is 24.7 Å². The van der Waals surface area contributed by atoms with Crippen molar-refractivity contribution in [2.45, 2.75) is 20.0 Å². The molecule has 196 valence electrons. The number of tetrazole rings is 1. The Kier molecular flexibility index (Phi) is 6.54. The number of anilines is 1. The molecule has 38 heavy (non-hydrogen) atoms. The van der Waals surface area contributed by atoms with E-state index in [2.05, 4.69) is 43.0 Å². The highest BCUT2D eigenvalue weighted by Gasteiger charge is 2.55. The van der Waals surface area contributed by atoms with E-state index in [4.69, 9.17) is 21.3 Å². The van der Waals surface area contributed by atoms with Crippen molar-refractivity contribution < 1.29 is 9.53 Å². The van der Waals surface area contributed by atoms with Gasteiger partial charge in [-0.1, -0.05) is 17.7 Å². The van der Waals surface area contributed by atoms with Gasteiger partial charge in [0.1, 0.15) is 12.1 Å². The van der Waals surface area contributed by atoms with Gasteiger partial charge in [-0.3, -0.25) is 9.48 Å². The smallest absolute Gasteiger partial charge is 0.254 e. The molecular formula is C26H28ClN9O2. The molecule has 4 aromatic rings. The summed E-state index contributed by atoms with van der Waals surface area (Å²) in [7, 11) is 1.78. The summed E-state index contributed by atoms with van der Waals surface area (Å²) in [4.78, 5) is 20.1. The molecule has 0 bridgehead atoms. The molecule has 1 saturated carbocycles. The number of carbonyl (C=O) groups excluding carboxylic acids is 1. The van der Waals surface area contributed by atoms with E-state index >= 15 is 0 Å². The van der Waals surface area contributed by atoms with Crippen LogP contribution in [-0.4, -0.2) is 67.7 Å². The van der Waals surface area contributed by atoms with E-state index in [0.29, 0.717) is 23.0 Å². The summed E-state index contributed by atoms with van der Waals surface area (Å²) in [5.41, 5.74) is 4.03. The summed E-state index contributed by atoms with van der Waals surface area (Å²) in [6.07, 6.45) is 4.81. The van der Waals surface area contributed by atoms with E-state index in [1.54, 1.807) is 36.3 Å². The maximum absolute atomic E-state index is 12.8. The second-order valence-electron chi connectivity index (χ2n) is 9.90. The Hall–Kier alpha value is -3.83. The first kappa shape index (κ1) is 24.5. The van der Waals surface area contributed by atoms with Gasteiger partial charge in [0.25, 0.3) is 5.91 Å². The fourth-order valence-corrected chi connectivity index (χ4v) is 5.60. The number of nitrogens with zero attached hydrogens (tertiary/aromatic N) is 8. The Bertz CT molecular complexity index is 1440. The van der Waals surface area contributed by atoms with Gasteiger partial charge in [0, 0.05) is 50.3 Å². The monoisotopic (exact) mass is 533 g/mol. The van der Waals surface area contributed by atoms with Gasteiger partial charge < -0.3 is 15.0 Å². The summed E-state index contributed by atoms with van der Waals surface area (Å²) >= 11 is 6.18. The van der Waals surface area contributed by atoms with Crippen LogP contribution in [0.1, 0.15) is 27.2 Å². The van der Waals surface area contributed by atoms with Gasteiger partial charge in [-0.2, -0.15) is 5.10 Å². The van der Waals surface area contributed by atoms with E-state index < -0.39 is 0 Å². The number of benzene rings is 1. The fraction of sp³-hybridized carbons (Fsp3) is 0.385. The molecule has 3 atom stereocenters. The third kappa shape index (κ3) is 4.86. The quantitative estimate of drug-likeness (QED) is 0.349. The molecule has 2 fully saturated rings. The number of amides is 1. The summed E-state index contributed by atoms with van der Waals surface area (Å²) < 4.78 is 8.61. The number of piperidine rings is 1. The van der Waals surface area contributed by atoms with Crippen LogP contribution < -0.4 is 10.2 Å². The Morgan fingerprint density at radius 2 is 2.03 bits per heavy atom. The number of hydrogen-bond donors (Lipinski definition) is 1. The van der Waals surface area contributed by atoms with Crippen LogP contribution in [0.2, 0.25) is 5.02 Å². The largest absolute Gasteiger partial charge is 0.384 e. The van der Waals surface area contributed by atoms with Crippen LogP contribution in [0.15, 0.2) is 49.1 Å². The van der Waals surface area contributed by atoms with Crippen molar-refractivity contribution in [3.05, 3.63) is 76.5 Å². The zero-order valence-corrected chi connectivity index (χ0v) is 21.9. The molecule has 1 aliphatic carbocycles. The van der Waals surface area contributed by atoms with Crippen LogP contribution in [0.4, 0.5) is 5.82 Å². The average molecular weight is 534 g/mol. The predicted octanol–water partition coefficient (Wildman–Crippen LogP) is 2.52. The van der Waals surface area contributed by atoms with Crippen LogP contribution in [0.5, 0.6) is 0 Å². The highest BCUT2D eigenvalue weighted by atomic mass is 35.5. The Morgan fingerprint density at radius 1 is 1.18 bits per heavy atom. The number of ether oxygens (including phenoxy) is 1. The lowest BCUT2D eigenvalue weighted by Crippen LogP contribution is -2.26. The topological polar surface area (TPSA) is 116 Å². The number of carbonyl (C=O) groups is 1. The van der Waals surface area contributed by atoms with E-state index in [0.717, 1.165) is 59.9 Å². The maximum Gasteiger partial charge on any atom is 0.254 e. The van der Waals surface area contributed by atoms with Crippen molar-refractivity contribution in [1.29, 1.82) is 0 Å². The Balaban J connectivity index is 1.07. The highest BCUT2D eigenvalue weighted by molar-refractivity contribution is 6.30. The van der Waals surface area contributed by atoms with E-state index in [1.165, 1.54) is 11.0 Å². The van der Waals surface area contributed by atoms with Gasteiger partial charge in [0.2, 0.25) is 0 Å². The molecule has 1 aliphatic heterocycles. The molecule has 1 N–H and O–H groups in total. The SMILES string of the molecule is COCC1[C@H]2CN(c3ccc(Cn4cc(C(=O)NCc5cc(Cl)ccc5-n5cnnn5)cn4)c(C)n3)C[C@@H]12. The van der Waals surface area contributed by atoms with Crippen molar-refractivity contribution in [3.8, 4) is 5.69 Å². The first-order chi connectivity index (χ1) is 18.5. The van der Waals surface area contributed by atoms with Crippen molar-refractivity contribution >= 4 is 23.3 Å². The predicted molar refractivity (Wildman–Crippen MR) is 140 cm³/mol. The van der Waals surface area contributed by atoms with Crippen LogP contribution in [0.25, 0.3) is 5.69 Å². The molecule has 6 rings (SSSR count). The molecule has 1 amide bonds. The first-order valence-electron chi connectivity index (χ1n) is 12.5. The Labute approximate surface area is 224 Å². The number of pyridine rings is 1. The highest BCUT2D eigenvalue weighted by Crippen LogP contribution is 2.52. The minimum Gasteiger partial charge on any atom is -0.384 e. The lowest BCUT2D eigenvalue weighted by molar-refractivity contribution is 0.0951. The third-order valence-corrected chi connectivity index (χ3v) is 7.77. The number of aromatic nitrogens is 7. The molecule has 12 heteroatoms. The first-order valence-corrected chi connectivity index (χ1v) is 12.9. The minimum atomic E-state index is -0.233. The molecule has 11 nitrogen and oxygen atoms in total. The van der Waals surface area contributed by atoms with Crippen LogP contribution in [-0.2, 0) is 17.8 Å². The van der Waals surface area contributed by atoms with Crippen molar-refractivity contribution in [2.75, 3.05) is 31.7 Å². The van der Waals surface area contributed by atoms with Gasteiger partial charge in [0.15, 0.2) is 0 Å². The standard InChI is InChI=1S/C26H28ClN9O2/c1-16-17(3-6-25(31-16)34-12-21-22(13-34)23(21)14-38-2)10-35-11-19(9-30-35)26(37)28-8-18-7-20(27)4-5-24(18)36-15-29-32-33-36/h3-7,9,11,15,21-23H,8,10,12-14H2,1-2H3,(H,28,37)/t21-,22+,23?. The molecule has 4 heterocycles. The second kappa shape index (κ2) is 10.1. The summed E-state index contributed by atoms with van der Waals surface area (Å²) in [5, 5.41) is 19.2. The van der Waals surface area contributed by atoms with E-state index in [9.17, 15) is 4.79 Å². The van der Waals surface area contributed by atoms with Gasteiger partial charge in [-0.15, -0.1) is 5.10 Å². The second-order valence-corrected chi connectivity index (χ2v) is 10.3. The Morgan fingerprint density at radius 3 is 2.76 bits per heavy atom. The molecule has 0 spiro atoms. The maximum atomic E-state index is 12.8. The molecule has 1 saturated heterocycles. The summed E-state index contributed by atoms with van der Waals surface area (Å²) in [6.45, 7) is 5.78. The van der Waals surface area contributed by atoms with Crippen LogP contribution in [0.3, 0.4) is 0 Å². The number of hydrogen-bond acceptors (Lipinski definition) is 8. The average Bonchev–Trinajstić information content (AvgIpc) is 3.45. The molecule has 1 unspecified atom stereocenters. The number of fused-ring (bicyclic) bond motifs is 1. The molecule has 0 radical (unpaired) electrons. The lowest BCUT2D eigenvalue weighted by Gasteiger charge is -2.21. The number of halogens is 1. The van der Waals surface area contributed by atoms with Gasteiger partial charge in [-0.05, 0) is 70.5 Å². The zero-order chi connectivity index (χ0) is 26.2. The van der Waals surface area contributed by atoms with Crippen molar-refractivity contribution in [3.63, 3.8) is 0 Å². The summed E-state index contributed by atoms with van der Waals surface area (Å²) in [5.74, 6) is 2.97. The van der Waals surface area contributed by atoms with Gasteiger partial charge in [-0.25, -0.2) is 9.67 Å². The minimum absolute atomic E-state index is 0.233. The fourth-order valence-electron chi connectivity index (χ4n) is 5.41. The summed E-state index contributed by atoms with van der Waals surface area (Å²) in [6, 6.07) is 9.54. The number of aryl methyl sites for hydroxylation is 1. The zero-order valence-electron chi connectivity index (χ0n) is 21.2. The van der Waals surface area contributed by atoms with Gasteiger partial charge in [0.05, 0.1) is 24.0 Å². The van der Waals surface area contributed by atoms with Crippen molar-refractivity contribution in [2.24, 2.45) is 17.8 Å². The molecule has 1 aromatic carbocycles. The third-order valence-electron chi connectivity index (χ3n) is 7.54. The lowest BCUT2D eigenvalue weighted by atomic mass is 10.1. The molecule has 3 aromatic heterocycles. The van der Waals surface area contributed by atoms with E-state index in [-0.39, 0.29) is 12.5 Å². The van der Waals surface area contributed by atoms with Crippen LogP contribution >= 0.6 is 11.6 Å².